The zero-order valence-electron chi connectivity index (χ0n) is 16.9. The first-order chi connectivity index (χ1) is 13.4. The molecule has 2 aliphatic rings. The van der Waals surface area contributed by atoms with Gasteiger partial charge in [0.1, 0.15) is 0 Å². The molecule has 3 unspecified atom stereocenters. The largest absolute Gasteiger partial charge is 0.481 e. The molecule has 0 aromatic heterocycles. The number of hydrogen-bond acceptors (Lipinski definition) is 4. The van der Waals surface area contributed by atoms with Gasteiger partial charge < -0.3 is 20.2 Å². The number of likely N-dealkylation sites (tertiary alicyclic amines) is 1. The molecule has 2 fully saturated rings. The lowest BCUT2D eigenvalue weighted by molar-refractivity contribution is -0.143. The van der Waals surface area contributed by atoms with Crippen molar-refractivity contribution in [3.8, 4) is 0 Å². The molecule has 2 aliphatic heterocycles. The van der Waals surface area contributed by atoms with Crippen LogP contribution in [-0.4, -0.2) is 78.8 Å². The molecule has 7 heteroatoms. The molecule has 1 aromatic carbocycles. The van der Waals surface area contributed by atoms with Crippen LogP contribution in [0.3, 0.4) is 0 Å². The Morgan fingerprint density at radius 2 is 1.82 bits per heavy atom. The fourth-order valence-corrected chi connectivity index (χ4v) is 4.26. The van der Waals surface area contributed by atoms with Gasteiger partial charge in [0.15, 0.2) is 0 Å². The molecule has 2 amide bonds. The van der Waals surface area contributed by atoms with Gasteiger partial charge in [-0.25, -0.2) is 4.79 Å². The summed E-state index contributed by atoms with van der Waals surface area (Å²) in [6.45, 7) is 9.65. The van der Waals surface area contributed by atoms with Gasteiger partial charge in [0.2, 0.25) is 0 Å². The fraction of sp³-hybridized carbons (Fsp3) is 0.619. The van der Waals surface area contributed by atoms with Gasteiger partial charge in [0.25, 0.3) is 0 Å². The molecule has 2 N–H and O–H groups in total. The van der Waals surface area contributed by atoms with Crippen LogP contribution in [0.15, 0.2) is 30.3 Å². The molecule has 3 atom stereocenters. The number of piperazine rings is 1. The molecule has 7 nitrogen and oxygen atoms in total. The number of carbonyl (C=O) groups is 2. The number of rotatable bonds is 5. The second-order valence-corrected chi connectivity index (χ2v) is 8.25. The Balaban J connectivity index is 1.43. The van der Waals surface area contributed by atoms with Crippen molar-refractivity contribution in [3.05, 3.63) is 30.3 Å². The Morgan fingerprint density at radius 3 is 2.46 bits per heavy atom. The molecular formula is C21H32N4O3. The highest BCUT2D eigenvalue weighted by Crippen LogP contribution is 2.22. The summed E-state index contributed by atoms with van der Waals surface area (Å²) < 4.78 is 0. The number of nitrogens with zero attached hydrogens (tertiary/aromatic N) is 3. The van der Waals surface area contributed by atoms with E-state index in [9.17, 15) is 14.7 Å². The Bertz CT molecular complexity index is 661. The van der Waals surface area contributed by atoms with Gasteiger partial charge >= 0.3 is 12.0 Å². The molecule has 1 aromatic rings. The summed E-state index contributed by atoms with van der Waals surface area (Å²) in [6.07, 6.45) is 0.639. The summed E-state index contributed by atoms with van der Waals surface area (Å²) in [5.74, 6) is -1.06. The van der Waals surface area contributed by atoms with Gasteiger partial charge in [0.05, 0.1) is 5.92 Å². The Labute approximate surface area is 167 Å². The molecular weight excluding hydrogens is 356 g/mol. The number of nitrogens with one attached hydrogen (secondary N) is 1. The number of aliphatic carboxylic acids is 1. The Hall–Kier alpha value is -2.28. The number of piperidine rings is 1. The van der Waals surface area contributed by atoms with E-state index in [2.05, 4.69) is 39.4 Å². The summed E-state index contributed by atoms with van der Waals surface area (Å²) in [5.41, 5.74) is 1.26. The van der Waals surface area contributed by atoms with E-state index in [1.54, 1.807) is 4.90 Å². The minimum Gasteiger partial charge on any atom is -0.481 e. The van der Waals surface area contributed by atoms with E-state index < -0.39 is 11.9 Å². The standard InChI is InChI=1S/C21H32N4O3/c1-16-12-18(20(26)27)15-25(13-16)21(28)22-17(2)14-23-8-10-24(11-9-23)19-6-4-3-5-7-19/h3-7,16-18H,8-15H2,1-2H3,(H,22,28)(H,26,27). The summed E-state index contributed by atoms with van der Waals surface area (Å²) >= 11 is 0. The SMILES string of the molecule is CC1CC(C(=O)O)CN(C(=O)NC(C)CN2CCN(c3ccccc3)CC2)C1. The van der Waals surface area contributed by atoms with Crippen molar-refractivity contribution in [2.75, 3.05) is 50.7 Å². The highest BCUT2D eigenvalue weighted by atomic mass is 16.4. The van der Waals surface area contributed by atoms with E-state index in [1.807, 2.05) is 19.9 Å². The molecule has 0 radical (unpaired) electrons. The topological polar surface area (TPSA) is 76.1 Å². The van der Waals surface area contributed by atoms with Crippen molar-refractivity contribution in [2.45, 2.75) is 26.3 Å². The van der Waals surface area contributed by atoms with Gasteiger partial charge in [-0.15, -0.1) is 0 Å². The van der Waals surface area contributed by atoms with E-state index in [1.165, 1.54) is 5.69 Å². The van der Waals surface area contributed by atoms with Crippen molar-refractivity contribution >= 4 is 17.7 Å². The lowest BCUT2D eigenvalue weighted by Crippen LogP contribution is -2.54. The third-order valence-corrected chi connectivity index (χ3v) is 5.69. The maximum absolute atomic E-state index is 12.6. The third kappa shape index (κ3) is 5.38. The summed E-state index contributed by atoms with van der Waals surface area (Å²) in [4.78, 5) is 30.3. The van der Waals surface area contributed by atoms with Gasteiger partial charge in [-0.05, 0) is 31.4 Å². The number of carbonyl (C=O) groups excluding carboxylic acids is 1. The molecule has 2 saturated heterocycles. The number of amides is 2. The first kappa shape index (κ1) is 20.5. The number of benzene rings is 1. The lowest BCUT2D eigenvalue weighted by atomic mass is 9.91. The number of carboxylic acids is 1. The number of para-hydroxylation sites is 1. The molecule has 0 spiro atoms. The van der Waals surface area contributed by atoms with Crippen molar-refractivity contribution in [3.63, 3.8) is 0 Å². The monoisotopic (exact) mass is 388 g/mol. The van der Waals surface area contributed by atoms with Crippen LogP contribution in [0.4, 0.5) is 10.5 Å². The van der Waals surface area contributed by atoms with E-state index in [-0.39, 0.29) is 18.0 Å². The fourth-order valence-electron chi connectivity index (χ4n) is 4.26. The maximum Gasteiger partial charge on any atom is 0.317 e. The zero-order valence-corrected chi connectivity index (χ0v) is 16.9. The number of urea groups is 1. The minimum atomic E-state index is -0.811. The van der Waals surface area contributed by atoms with Crippen molar-refractivity contribution in [1.82, 2.24) is 15.1 Å². The molecule has 0 saturated carbocycles. The molecule has 154 valence electrons. The van der Waals surface area contributed by atoms with Gasteiger partial charge in [-0.3, -0.25) is 9.69 Å². The lowest BCUT2D eigenvalue weighted by Gasteiger charge is -2.38. The van der Waals surface area contributed by atoms with Crippen LogP contribution in [0.2, 0.25) is 0 Å². The second-order valence-electron chi connectivity index (χ2n) is 8.25. The molecule has 0 bridgehead atoms. The number of hydrogen-bond donors (Lipinski definition) is 2. The average molecular weight is 389 g/mol. The van der Waals surface area contributed by atoms with E-state index >= 15 is 0 Å². The van der Waals surface area contributed by atoms with Crippen LogP contribution in [0, 0.1) is 11.8 Å². The van der Waals surface area contributed by atoms with Gasteiger partial charge in [-0.2, -0.15) is 0 Å². The second kappa shape index (κ2) is 9.28. The molecule has 28 heavy (non-hydrogen) atoms. The summed E-state index contributed by atoms with van der Waals surface area (Å²) in [7, 11) is 0. The molecule has 3 rings (SSSR count). The van der Waals surface area contributed by atoms with Crippen LogP contribution in [0.5, 0.6) is 0 Å². The first-order valence-electron chi connectivity index (χ1n) is 10.2. The first-order valence-corrected chi connectivity index (χ1v) is 10.2. The minimum absolute atomic E-state index is 0.0243. The Morgan fingerprint density at radius 1 is 1.14 bits per heavy atom. The van der Waals surface area contributed by atoms with Crippen LogP contribution in [0.1, 0.15) is 20.3 Å². The zero-order chi connectivity index (χ0) is 20.1. The van der Waals surface area contributed by atoms with Crippen LogP contribution in [0.25, 0.3) is 0 Å². The van der Waals surface area contributed by atoms with Crippen molar-refractivity contribution in [2.24, 2.45) is 11.8 Å². The predicted molar refractivity (Wildman–Crippen MR) is 110 cm³/mol. The summed E-state index contributed by atoms with van der Waals surface area (Å²) in [5, 5.41) is 12.3. The van der Waals surface area contributed by atoms with Crippen molar-refractivity contribution in [1.29, 1.82) is 0 Å². The normalized spacial score (nSPS) is 24.6. The highest BCUT2D eigenvalue weighted by molar-refractivity contribution is 5.76. The van der Waals surface area contributed by atoms with Crippen molar-refractivity contribution < 1.29 is 14.7 Å². The predicted octanol–water partition coefficient (Wildman–Crippen LogP) is 1.95. The summed E-state index contributed by atoms with van der Waals surface area (Å²) in [6, 6.07) is 10.3. The van der Waals surface area contributed by atoms with E-state index in [0.717, 1.165) is 32.7 Å². The number of anilines is 1. The van der Waals surface area contributed by atoms with Crippen LogP contribution >= 0.6 is 0 Å². The molecule has 2 heterocycles. The van der Waals surface area contributed by atoms with Crippen LogP contribution in [-0.2, 0) is 4.79 Å². The van der Waals surface area contributed by atoms with E-state index in [0.29, 0.717) is 19.5 Å². The number of carboxylic acid groups (broad SMARTS) is 1. The Kier molecular flexibility index (Phi) is 6.78. The smallest absolute Gasteiger partial charge is 0.317 e. The maximum atomic E-state index is 12.6. The van der Waals surface area contributed by atoms with Gasteiger partial charge in [-0.1, -0.05) is 25.1 Å². The van der Waals surface area contributed by atoms with E-state index in [4.69, 9.17) is 0 Å². The molecule has 0 aliphatic carbocycles. The quantitative estimate of drug-likeness (QED) is 0.806. The van der Waals surface area contributed by atoms with Gasteiger partial charge in [0, 0.05) is 57.5 Å². The van der Waals surface area contributed by atoms with Crippen LogP contribution < -0.4 is 10.2 Å². The average Bonchev–Trinajstić information content (AvgIpc) is 2.68. The highest BCUT2D eigenvalue weighted by Gasteiger charge is 2.32. The third-order valence-electron chi connectivity index (χ3n) is 5.69.